The molecule has 5 N–H and O–H groups in total. The molecule has 2 amide bonds. The Morgan fingerprint density at radius 1 is 1.39 bits per heavy atom. The van der Waals surface area contributed by atoms with Crippen molar-refractivity contribution in [3.05, 3.63) is 34.4 Å². The molecule has 0 aliphatic heterocycles. The quantitative estimate of drug-likeness (QED) is 0.185. The number of carbonyl (C=O) groups is 2. The van der Waals surface area contributed by atoms with Gasteiger partial charge in [0, 0.05) is 25.4 Å². The van der Waals surface area contributed by atoms with Crippen molar-refractivity contribution >= 4 is 17.8 Å². The van der Waals surface area contributed by atoms with Crippen molar-refractivity contribution < 1.29 is 14.6 Å². The first-order chi connectivity index (χ1) is 13.2. The molecule has 0 radical (unpaired) electrons. The minimum Gasteiger partial charge on any atom is -0.365 e. The van der Waals surface area contributed by atoms with Crippen LogP contribution in [0.25, 0.3) is 0 Å². The van der Waals surface area contributed by atoms with Gasteiger partial charge in [-0.3, -0.25) is 14.6 Å². The van der Waals surface area contributed by atoms with Crippen LogP contribution >= 0.6 is 0 Å². The first-order valence-electron chi connectivity index (χ1n) is 8.83. The lowest BCUT2D eigenvalue weighted by molar-refractivity contribution is -0.525. The van der Waals surface area contributed by atoms with Crippen LogP contribution in [-0.4, -0.2) is 45.0 Å². The molecule has 0 unspecified atom stereocenters. The number of carbonyl (C=O) groups excluding carboxylic acids is 2. The van der Waals surface area contributed by atoms with Gasteiger partial charge in [0.05, 0.1) is 6.20 Å². The van der Waals surface area contributed by atoms with Crippen LogP contribution in [0, 0.1) is 16.0 Å². The number of nitro groups is 1. The second kappa shape index (κ2) is 10.7. The molecule has 0 fully saturated rings. The van der Waals surface area contributed by atoms with Crippen molar-refractivity contribution in [2.75, 3.05) is 6.54 Å². The van der Waals surface area contributed by atoms with Gasteiger partial charge in [-0.05, 0) is 12.3 Å². The van der Waals surface area contributed by atoms with E-state index in [0.29, 0.717) is 25.3 Å². The summed E-state index contributed by atoms with van der Waals surface area (Å²) < 4.78 is 0. The predicted molar refractivity (Wildman–Crippen MR) is 101 cm³/mol. The Morgan fingerprint density at radius 3 is 2.64 bits per heavy atom. The van der Waals surface area contributed by atoms with Crippen LogP contribution in [0.4, 0.5) is 0 Å². The molecule has 0 saturated heterocycles. The number of hydrogen-bond acceptors (Lipinski definition) is 7. The Hall–Kier alpha value is -3.31. The molecule has 0 spiro atoms. The van der Waals surface area contributed by atoms with E-state index in [1.54, 1.807) is 12.3 Å². The van der Waals surface area contributed by atoms with Gasteiger partial charge in [0.2, 0.25) is 5.66 Å². The van der Waals surface area contributed by atoms with E-state index in [1.165, 1.54) is 18.6 Å². The topological polar surface area (TPSA) is 178 Å². The van der Waals surface area contributed by atoms with Crippen LogP contribution in [0.1, 0.15) is 50.5 Å². The molecule has 1 heterocycles. The minimum atomic E-state index is -1.84. The summed E-state index contributed by atoms with van der Waals surface area (Å²) in [6.07, 6.45) is 5.15. The highest BCUT2D eigenvalue weighted by Crippen LogP contribution is 2.17. The van der Waals surface area contributed by atoms with E-state index in [-0.39, 0.29) is 12.1 Å². The third kappa shape index (κ3) is 7.13. The highest BCUT2D eigenvalue weighted by atomic mass is 16.7. The number of rotatable bonds is 10. The van der Waals surface area contributed by atoms with Gasteiger partial charge in [0.1, 0.15) is 5.69 Å². The lowest BCUT2D eigenvalue weighted by Crippen LogP contribution is -2.59. The Bertz CT molecular complexity index is 710. The summed E-state index contributed by atoms with van der Waals surface area (Å²) >= 11 is 0. The third-order valence-corrected chi connectivity index (χ3v) is 3.63. The molecule has 0 aromatic carbocycles. The smallest absolute Gasteiger partial charge is 0.273 e. The zero-order valence-electron chi connectivity index (χ0n) is 16.1. The molecule has 0 aliphatic carbocycles. The molecule has 0 aliphatic rings. The lowest BCUT2D eigenvalue weighted by atomic mass is 10.0. The van der Waals surface area contributed by atoms with Gasteiger partial charge < -0.3 is 16.4 Å². The molecular formula is C16H26N8O4. The average molecular weight is 394 g/mol. The van der Waals surface area contributed by atoms with Gasteiger partial charge >= 0.3 is 0 Å². The highest BCUT2D eigenvalue weighted by Gasteiger charge is 2.40. The number of hydrogen-bond donors (Lipinski definition) is 4. The van der Waals surface area contributed by atoms with Gasteiger partial charge in [-0.1, -0.05) is 32.6 Å². The summed E-state index contributed by atoms with van der Waals surface area (Å²) in [5.74, 6) is -1.60. The molecule has 154 valence electrons. The van der Waals surface area contributed by atoms with Crippen LogP contribution in [0.15, 0.2) is 23.6 Å². The molecule has 12 heteroatoms. The SMILES string of the molecule is CCC[C@](N=C(N)N[N+](=O)[O-])(NC(=O)c1cnccn1)C(=O)NCCC(C)C. The van der Waals surface area contributed by atoms with Crippen molar-refractivity contribution in [2.45, 2.75) is 45.7 Å². The summed E-state index contributed by atoms with van der Waals surface area (Å²) in [7, 11) is 0. The number of aromatic nitrogens is 2. The lowest BCUT2D eigenvalue weighted by Gasteiger charge is -2.29. The third-order valence-electron chi connectivity index (χ3n) is 3.63. The number of hydrazine groups is 1. The van der Waals surface area contributed by atoms with Crippen LogP contribution < -0.4 is 21.8 Å². The second-order valence-electron chi connectivity index (χ2n) is 6.46. The molecule has 1 rings (SSSR count). The largest absolute Gasteiger partial charge is 0.365 e. The zero-order valence-corrected chi connectivity index (χ0v) is 16.1. The number of amides is 2. The van der Waals surface area contributed by atoms with Crippen molar-refractivity contribution in [1.82, 2.24) is 26.0 Å². The fourth-order valence-corrected chi connectivity index (χ4v) is 2.34. The van der Waals surface area contributed by atoms with Crippen molar-refractivity contribution in [2.24, 2.45) is 16.6 Å². The van der Waals surface area contributed by atoms with Gasteiger partial charge in [-0.15, -0.1) is 0 Å². The van der Waals surface area contributed by atoms with Gasteiger partial charge in [0.15, 0.2) is 5.03 Å². The maximum absolute atomic E-state index is 12.9. The molecule has 28 heavy (non-hydrogen) atoms. The van der Waals surface area contributed by atoms with E-state index in [4.69, 9.17) is 5.73 Å². The maximum Gasteiger partial charge on any atom is 0.273 e. The molecule has 1 aromatic rings. The van der Waals surface area contributed by atoms with E-state index in [1.807, 2.05) is 13.8 Å². The molecule has 1 atom stereocenters. The van der Waals surface area contributed by atoms with Crippen LogP contribution in [0.2, 0.25) is 0 Å². The van der Waals surface area contributed by atoms with E-state index >= 15 is 0 Å². The monoisotopic (exact) mass is 394 g/mol. The fraction of sp³-hybridized carbons (Fsp3) is 0.562. The summed E-state index contributed by atoms with van der Waals surface area (Å²) in [6.45, 7) is 6.12. The Balaban J connectivity index is 3.21. The second-order valence-corrected chi connectivity index (χ2v) is 6.46. The van der Waals surface area contributed by atoms with Crippen LogP contribution in [0.3, 0.4) is 0 Å². The molecule has 1 aromatic heterocycles. The molecule has 12 nitrogen and oxygen atoms in total. The number of nitrogens with two attached hydrogens (primary N) is 1. The van der Waals surface area contributed by atoms with Crippen LogP contribution in [-0.2, 0) is 4.79 Å². The highest BCUT2D eigenvalue weighted by molar-refractivity contribution is 5.98. The molecule has 0 bridgehead atoms. The van der Waals surface area contributed by atoms with Crippen molar-refractivity contribution in [1.29, 1.82) is 0 Å². The Kier molecular flexibility index (Phi) is 8.72. The Labute approximate surface area is 162 Å². The van der Waals surface area contributed by atoms with Crippen molar-refractivity contribution in [3.63, 3.8) is 0 Å². The average Bonchev–Trinajstić information content (AvgIpc) is 2.61. The summed E-state index contributed by atoms with van der Waals surface area (Å²) in [5, 5.41) is 14.9. The summed E-state index contributed by atoms with van der Waals surface area (Å²) in [5.41, 5.74) is 5.37. The normalized spacial score (nSPS) is 13.5. The number of aliphatic imine (C=N–C) groups is 1. The summed E-state index contributed by atoms with van der Waals surface area (Å²) in [4.78, 5) is 47.8. The van der Waals surface area contributed by atoms with Gasteiger partial charge in [-0.25, -0.2) is 20.1 Å². The minimum absolute atomic E-state index is 0.0334. The van der Waals surface area contributed by atoms with E-state index in [2.05, 4.69) is 25.6 Å². The van der Waals surface area contributed by atoms with Crippen molar-refractivity contribution in [3.8, 4) is 0 Å². The molecular weight excluding hydrogens is 368 g/mol. The van der Waals surface area contributed by atoms with Gasteiger partial charge in [-0.2, -0.15) is 0 Å². The Morgan fingerprint density at radius 2 is 2.11 bits per heavy atom. The van der Waals surface area contributed by atoms with Gasteiger partial charge in [0.25, 0.3) is 17.8 Å². The number of nitrogens with zero attached hydrogens (tertiary/aromatic N) is 4. The fourth-order valence-electron chi connectivity index (χ4n) is 2.34. The first kappa shape index (κ1) is 22.7. The standard InChI is InChI=1S/C16H26N8O4/c1-4-6-16(22-15(17)23-24(27)28,14(26)20-7-5-11(2)3)21-13(25)12-10-18-8-9-19-12/h8-11H,4-7H2,1-3H3,(H,20,26)(H,21,25)(H3,17,22,23)/t16-/m1/s1. The van der Waals surface area contributed by atoms with E-state index in [9.17, 15) is 19.7 Å². The number of nitrogens with one attached hydrogen (secondary N) is 3. The zero-order chi connectivity index (χ0) is 21.2. The van der Waals surface area contributed by atoms with Crippen LogP contribution in [0.5, 0.6) is 0 Å². The van der Waals surface area contributed by atoms with E-state index < -0.39 is 28.5 Å². The number of guanidine groups is 1. The maximum atomic E-state index is 12.9. The molecule has 0 saturated carbocycles. The first-order valence-corrected chi connectivity index (χ1v) is 8.83. The van der Waals surface area contributed by atoms with E-state index in [0.717, 1.165) is 0 Å². The summed E-state index contributed by atoms with van der Waals surface area (Å²) in [6, 6.07) is 0. The predicted octanol–water partition coefficient (Wildman–Crippen LogP) is -0.0389.